The maximum Gasteiger partial charge on any atom is 0.381 e. The van der Waals surface area contributed by atoms with Crippen LogP contribution in [-0.4, -0.2) is 34.2 Å². The molecule has 5 N–H and O–H groups in total. The topological polar surface area (TPSA) is 141 Å². The van der Waals surface area contributed by atoms with Crippen LogP contribution in [0.2, 0.25) is 0 Å². The lowest BCUT2D eigenvalue weighted by Gasteiger charge is -2.09. The fourth-order valence-corrected chi connectivity index (χ4v) is 2.29. The molecule has 0 fully saturated rings. The molecule has 8 nitrogen and oxygen atoms in total. The second-order valence-corrected chi connectivity index (χ2v) is 6.76. The van der Waals surface area contributed by atoms with Crippen molar-refractivity contribution in [3.63, 3.8) is 0 Å². The normalized spacial score (nSPS) is 10.7. The third kappa shape index (κ3) is 8.08. The molecule has 3 rings (SSSR count). The minimum absolute atomic E-state index is 0.103. The number of fused-ring (bicyclic) bond motifs is 1. The Kier molecular flexibility index (Phi) is 10.5. The first-order valence-electron chi connectivity index (χ1n) is 10.1. The van der Waals surface area contributed by atoms with Gasteiger partial charge in [-0.05, 0) is 43.3 Å². The number of carbonyl (C=O) groups excluding carboxylic acids is 2. The second-order valence-electron chi connectivity index (χ2n) is 6.76. The first-order valence-corrected chi connectivity index (χ1v) is 10.1. The fraction of sp³-hybridized carbons (Fsp3) is 0.167. The van der Waals surface area contributed by atoms with Crippen molar-refractivity contribution in [1.82, 2.24) is 9.97 Å². The van der Waals surface area contributed by atoms with E-state index in [2.05, 4.69) is 27.9 Å². The SMILES string of the molecule is C=CC(F)(F)C(=O)C(=O)OCC.C=CC(F)(F)c1nc2ccccc2[nH]c1=O.Nc1ccccc1N. The Morgan fingerprint density at radius 3 is 2.00 bits per heavy atom. The lowest BCUT2D eigenvalue weighted by Crippen LogP contribution is -2.34. The third-order valence-corrected chi connectivity index (χ3v) is 4.19. The largest absolute Gasteiger partial charge is 0.460 e. The summed E-state index contributed by atoms with van der Waals surface area (Å²) in [6, 6.07) is 13.7. The van der Waals surface area contributed by atoms with Crippen molar-refractivity contribution < 1.29 is 31.9 Å². The number of allylic oxidation sites excluding steroid dienone is 2. The van der Waals surface area contributed by atoms with E-state index < -0.39 is 34.9 Å². The summed E-state index contributed by atoms with van der Waals surface area (Å²) in [5.74, 6) is -10.7. The molecular formula is C24H24F4N4O4. The predicted molar refractivity (Wildman–Crippen MR) is 129 cm³/mol. The Balaban J connectivity index is 0.000000287. The number of para-hydroxylation sites is 4. The van der Waals surface area contributed by atoms with E-state index in [1.54, 1.807) is 36.4 Å². The van der Waals surface area contributed by atoms with Crippen LogP contribution in [0, 0.1) is 0 Å². The van der Waals surface area contributed by atoms with Gasteiger partial charge >= 0.3 is 23.6 Å². The summed E-state index contributed by atoms with van der Waals surface area (Å²) in [5.41, 5.74) is 11.1. The van der Waals surface area contributed by atoms with Gasteiger partial charge in [-0.2, -0.15) is 17.6 Å². The van der Waals surface area contributed by atoms with Gasteiger partial charge < -0.3 is 21.2 Å². The molecule has 0 radical (unpaired) electrons. The van der Waals surface area contributed by atoms with E-state index in [0.717, 1.165) is 0 Å². The summed E-state index contributed by atoms with van der Waals surface area (Å²) in [5, 5.41) is 0. The molecule has 192 valence electrons. The number of nitrogens with two attached hydrogens (primary N) is 2. The fourth-order valence-electron chi connectivity index (χ4n) is 2.29. The van der Waals surface area contributed by atoms with Gasteiger partial charge in [0.25, 0.3) is 5.56 Å². The highest BCUT2D eigenvalue weighted by Gasteiger charge is 2.41. The summed E-state index contributed by atoms with van der Waals surface area (Å²) in [6.45, 7) is 7.01. The minimum Gasteiger partial charge on any atom is -0.460 e. The van der Waals surface area contributed by atoms with Crippen molar-refractivity contribution in [2.75, 3.05) is 18.1 Å². The molecule has 0 aliphatic rings. The van der Waals surface area contributed by atoms with E-state index in [0.29, 0.717) is 28.5 Å². The maximum atomic E-state index is 13.3. The van der Waals surface area contributed by atoms with Crippen LogP contribution in [0.5, 0.6) is 0 Å². The molecule has 0 saturated carbocycles. The first-order chi connectivity index (χ1) is 16.8. The van der Waals surface area contributed by atoms with E-state index in [9.17, 15) is 31.9 Å². The van der Waals surface area contributed by atoms with E-state index in [-0.39, 0.29) is 12.7 Å². The number of Topliss-reactive ketones (excluding diaryl/α,β-unsaturated/α-hetero) is 1. The van der Waals surface area contributed by atoms with Crippen LogP contribution in [0.25, 0.3) is 11.0 Å². The highest BCUT2D eigenvalue weighted by Crippen LogP contribution is 2.25. The monoisotopic (exact) mass is 508 g/mol. The quantitative estimate of drug-likeness (QED) is 0.150. The number of hydrogen-bond acceptors (Lipinski definition) is 7. The molecule has 36 heavy (non-hydrogen) atoms. The Morgan fingerprint density at radius 2 is 1.53 bits per heavy atom. The van der Waals surface area contributed by atoms with Crippen molar-refractivity contribution in [1.29, 1.82) is 0 Å². The summed E-state index contributed by atoms with van der Waals surface area (Å²) in [6.07, 6.45) is 0.506. The van der Waals surface area contributed by atoms with Crippen LogP contribution in [0.4, 0.5) is 28.9 Å². The van der Waals surface area contributed by atoms with Crippen LogP contribution < -0.4 is 17.0 Å². The Morgan fingerprint density at radius 1 is 1.00 bits per heavy atom. The zero-order valence-corrected chi connectivity index (χ0v) is 19.1. The van der Waals surface area contributed by atoms with Gasteiger partial charge in [0.15, 0.2) is 5.69 Å². The number of rotatable bonds is 6. The van der Waals surface area contributed by atoms with Gasteiger partial charge in [-0.1, -0.05) is 37.4 Å². The van der Waals surface area contributed by atoms with E-state index in [4.69, 9.17) is 11.5 Å². The standard InChI is InChI=1S/C11H8F2N2O.C7H8F2O3.C6H8N2/c1-2-11(12,13)9-10(16)15-8-6-4-3-5-7(8)14-9;1-3-7(8,9)5(10)6(11)12-4-2;7-5-3-1-2-4-6(5)8/h2-6H,1H2,(H,15,16);3H,1,4H2,2H3;1-4H,7-8H2. The Bertz CT molecular complexity index is 1270. The number of aromatic nitrogens is 2. The predicted octanol–water partition coefficient (Wildman–Crippen LogP) is 3.99. The number of ether oxygens (including phenoxy) is 1. The first kappa shape index (κ1) is 29.6. The van der Waals surface area contributed by atoms with Gasteiger partial charge in [-0.15, -0.1) is 0 Å². The molecule has 0 bridgehead atoms. The van der Waals surface area contributed by atoms with Gasteiger partial charge in [0.05, 0.1) is 29.0 Å². The van der Waals surface area contributed by atoms with Crippen molar-refractivity contribution in [2.24, 2.45) is 0 Å². The number of benzene rings is 2. The Hall–Kier alpha value is -4.48. The number of anilines is 2. The van der Waals surface area contributed by atoms with E-state index >= 15 is 0 Å². The third-order valence-electron chi connectivity index (χ3n) is 4.19. The average molecular weight is 508 g/mol. The zero-order valence-electron chi connectivity index (χ0n) is 19.1. The molecule has 1 aromatic heterocycles. The van der Waals surface area contributed by atoms with Crippen LogP contribution in [0.1, 0.15) is 12.6 Å². The second kappa shape index (κ2) is 12.8. The van der Waals surface area contributed by atoms with Crippen LogP contribution in [-0.2, 0) is 20.2 Å². The van der Waals surface area contributed by atoms with Gasteiger partial charge in [-0.25, -0.2) is 9.78 Å². The van der Waals surface area contributed by atoms with Gasteiger partial charge in [0.1, 0.15) is 0 Å². The number of esters is 1. The summed E-state index contributed by atoms with van der Waals surface area (Å²) < 4.78 is 55.3. The molecule has 0 saturated heterocycles. The number of ketones is 1. The molecule has 0 amide bonds. The number of nitrogens with one attached hydrogen (secondary N) is 1. The van der Waals surface area contributed by atoms with Crippen molar-refractivity contribution >= 4 is 34.2 Å². The average Bonchev–Trinajstić information content (AvgIpc) is 2.85. The van der Waals surface area contributed by atoms with Crippen molar-refractivity contribution in [3.8, 4) is 0 Å². The van der Waals surface area contributed by atoms with Crippen molar-refractivity contribution in [3.05, 3.63) is 89.9 Å². The molecule has 1 heterocycles. The van der Waals surface area contributed by atoms with Crippen molar-refractivity contribution in [2.45, 2.75) is 18.8 Å². The number of H-pyrrole nitrogens is 1. The number of carbonyl (C=O) groups is 2. The van der Waals surface area contributed by atoms with Crippen LogP contribution >= 0.6 is 0 Å². The van der Waals surface area contributed by atoms with E-state index in [1.807, 2.05) is 12.1 Å². The zero-order chi connectivity index (χ0) is 27.5. The molecule has 0 spiro atoms. The van der Waals surface area contributed by atoms with Crippen LogP contribution in [0.3, 0.4) is 0 Å². The van der Waals surface area contributed by atoms with Gasteiger partial charge in [-0.3, -0.25) is 9.59 Å². The lowest BCUT2D eigenvalue weighted by molar-refractivity contribution is -0.162. The molecule has 0 aliphatic heterocycles. The molecule has 0 unspecified atom stereocenters. The number of nitrogen functional groups attached to an aromatic ring is 2. The molecule has 2 aromatic carbocycles. The highest BCUT2D eigenvalue weighted by atomic mass is 19.3. The summed E-state index contributed by atoms with van der Waals surface area (Å²) >= 11 is 0. The Labute approximate surface area is 203 Å². The molecule has 0 aliphatic carbocycles. The maximum absolute atomic E-state index is 13.3. The van der Waals surface area contributed by atoms with E-state index in [1.165, 1.54) is 6.92 Å². The smallest absolute Gasteiger partial charge is 0.381 e. The lowest BCUT2D eigenvalue weighted by atomic mass is 10.2. The van der Waals surface area contributed by atoms with Gasteiger partial charge in [0, 0.05) is 0 Å². The molecular weight excluding hydrogens is 484 g/mol. The summed E-state index contributed by atoms with van der Waals surface area (Å²) in [4.78, 5) is 38.3. The number of aromatic amines is 1. The van der Waals surface area contributed by atoms with Gasteiger partial charge in [0.2, 0.25) is 0 Å². The number of nitrogens with zero attached hydrogens (tertiary/aromatic N) is 1. The molecule has 12 heteroatoms. The summed E-state index contributed by atoms with van der Waals surface area (Å²) in [7, 11) is 0. The highest BCUT2D eigenvalue weighted by molar-refractivity contribution is 6.36. The number of halogens is 4. The number of alkyl halides is 4. The molecule has 3 aromatic rings. The number of hydrogen-bond donors (Lipinski definition) is 3. The van der Waals surface area contributed by atoms with Crippen LogP contribution in [0.15, 0.2) is 78.6 Å². The minimum atomic E-state index is -3.83. The molecule has 0 atom stereocenters.